The van der Waals surface area contributed by atoms with Gasteiger partial charge < -0.3 is 45.1 Å². The van der Waals surface area contributed by atoms with Gasteiger partial charge in [-0.25, -0.2) is 0 Å². The maximum Gasteiger partial charge on any atom is 0.305 e. The number of unbranched alkanes of at least 4 members (excludes halogenated alkanes) is 50. The number of hydrogen-bond acceptors (Lipinski definition) is 10. The number of allylic oxidation sites excluding steroid dienone is 5. The zero-order chi connectivity index (χ0) is 63.7. The maximum absolute atomic E-state index is 13.1. The third-order valence-corrected chi connectivity index (χ3v) is 18.2. The first kappa shape index (κ1) is 83.9. The van der Waals surface area contributed by atoms with Gasteiger partial charge in [0.05, 0.1) is 32.0 Å². The molecule has 11 heteroatoms. The van der Waals surface area contributed by atoms with Crippen LogP contribution in [0.4, 0.5) is 0 Å². The molecule has 0 bridgehead atoms. The molecule has 0 aromatic rings. The fourth-order valence-corrected chi connectivity index (χ4v) is 12.2. The molecule has 88 heavy (non-hydrogen) atoms. The van der Waals surface area contributed by atoms with Crippen LogP contribution in [-0.2, 0) is 23.8 Å². The standard InChI is InChI=1S/C77H145NO10/c1-3-5-7-9-11-13-15-16-40-44-47-51-55-59-63-70(80)69(68-87-77-76(85)75(84)74(83)71(67-79)88-77)78-72(81)64-60-56-52-48-45-41-38-36-34-32-30-28-26-24-22-20-18-17-19-21-23-25-27-29-31-33-35-37-39-42-46-50-54-58-62-66-86-73(82)65-61-57-53-49-43-14-12-10-8-6-4-2/h13,15,44,47,59,63,69-71,74-77,79-80,83-85H,3-12,14,16-43,45-46,48-58,60-62,64-68H2,1-2H3,(H,78,81)/b15-13+,47-44+,63-59+. The first-order valence-corrected chi connectivity index (χ1v) is 38.3. The summed E-state index contributed by atoms with van der Waals surface area (Å²) in [6, 6.07) is -0.831. The van der Waals surface area contributed by atoms with E-state index in [0.29, 0.717) is 19.4 Å². The fourth-order valence-electron chi connectivity index (χ4n) is 12.2. The average Bonchev–Trinajstić information content (AvgIpc) is 3.73. The second kappa shape index (κ2) is 66.3. The first-order valence-electron chi connectivity index (χ1n) is 38.3. The lowest BCUT2D eigenvalue weighted by molar-refractivity contribution is -0.302. The second-order valence-corrected chi connectivity index (χ2v) is 26.7. The van der Waals surface area contributed by atoms with Crippen LogP contribution in [0.1, 0.15) is 380 Å². The number of amides is 1. The first-order chi connectivity index (χ1) is 43.2. The molecule has 1 aliphatic rings. The molecule has 0 aromatic heterocycles. The van der Waals surface area contributed by atoms with Crippen LogP contribution in [-0.4, -0.2) is 100 Å². The summed E-state index contributed by atoms with van der Waals surface area (Å²) in [5.41, 5.74) is 0. The lowest BCUT2D eigenvalue weighted by Crippen LogP contribution is -2.60. The van der Waals surface area contributed by atoms with Crippen LogP contribution in [0.2, 0.25) is 0 Å². The van der Waals surface area contributed by atoms with Crippen molar-refractivity contribution in [2.45, 2.75) is 423 Å². The van der Waals surface area contributed by atoms with Crippen LogP contribution < -0.4 is 5.32 Å². The summed E-state index contributed by atoms with van der Waals surface area (Å²) in [5.74, 6) is -0.174. The predicted octanol–water partition coefficient (Wildman–Crippen LogP) is 20.1. The van der Waals surface area contributed by atoms with E-state index in [1.165, 1.54) is 289 Å². The van der Waals surface area contributed by atoms with Crippen LogP contribution in [0.5, 0.6) is 0 Å². The topological polar surface area (TPSA) is 175 Å². The van der Waals surface area contributed by atoms with Gasteiger partial charge in [-0.3, -0.25) is 9.59 Å². The van der Waals surface area contributed by atoms with Crippen molar-refractivity contribution < 1.29 is 49.3 Å². The van der Waals surface area contributed by atoms with E-state index in [2.05, 4.69) is 43.5 Å². The number of hydrogen-bond donors (Lipinski definition) is 6. The zero-order valence-electron chi connectivity index (χ0n) is 57.7. The number of rotatable bonds is 68. The van der Waals surface area contributed by atoms with Crippen LogP contribution in [0.25, 0.3) is 0 Å². The summed E-state index contributed by atoms with van der Waals surface area (Å²) in [6.45, 7) is 4.35. The highest BCUT2D eigenvalue weighted by molar-refractivity contribution is 5.76. The number of esters is 1. The molecule has 7 unspecified atom stereocenters. The number of nitrogens with one attached hydrogen (secondary N) is 1. The highest BCUT2D eigenvalue weighted by Crippen LogP contribution is 2.24. The van der Waals surface area contributed by atoms with Gasteiger partial charge in [-0.15, -0.1) is 0 Å². The third kappa shape index (κ3) is 54.4. The van der Waals surface area contributed by atoms with Crippen molar-refractivity contribution in [1.29, 1.82) is 0 Å². The lowest BCUT2D eigenvalue weighted by Gasteiger charge is -2.40. The number of aliphatic hydroxyl groups excluding tert-OH is 5. The molecule has 0 aliphatic carbocycles. The summed E-state index contributed by atoms with van der Waals surface area (Å²) in [7, 11) is 0. The monoisotopic (exact) mass is 1240 g/mol. The smallest absolute Gasteiger partial charge is 0.305 e. The quantitative estimate of drug-likeness (QED) is 0.0195. The van der Waals surface area contributed by atoms with E-state index in [4.69, 9.17) is 14.2 Å². The number of ether oxygens (including phenoxy) is 3. The summed E-state index contributed by atoms with van der Waals surface area (Å²) in [6.07, 6.45) is 76.0. The molecular formula is C77H145NO10. The molecule has 0 aromatic carbocycles. The molecule has 1 fully saturated rings. The highest BCUT2D eigenvalue weighted by atomic mass is 16.7. The Labute approximate surface area is 543 Å². The average molecular weight is 1250 g/mol. The Balaban J connectivity index is 1.93. The Kier molecular flexibility index (Phi) is 63.2. The molecule has 0 saturated carbocycles. The molecule has 1 amide bonds. The summed E-state index contributed by atoms with van der Waals surface area (Å²) < 4.78 is 16.7. The second-order valence-electron chi connectivity index (χ2n) is 26.7. The van der Waals surface area contributed by atoms with Crippen molar-refractivity contribution in [1.82, 2.24) is 5.32 Å². The number of aliphatic hydroxyl groups is 5. The van der Waals surface area contributed by atoms with E-state index in [1.807, 2.05) is 6.08 Å². The van der Waals surface area contributed by atoms with Gasteiger partial charge in [-0.2, -0.15) is 0 Å². The van der Waals surface area contributed by atoms with Gasteiger partial charge >= 0.3 is 5.97 Å². The van der Waals surface area contributed by atoms with E-state index in [9.17, 15) is 35.1 Å². The lowest BCUT2D eigenvalue weighted by atomic mass is 9.99. The highest BCUT2D eigenvalue weighted by Gasteiger charge is 2.44. The van der Waals surface area contributed by atoms with Gasteiger partial charge in [0.25, 0.3) is 0 Å². The van der Waals surface area contributed by atoms with Crippen molar-refractivity contribution in [2.24, 2.45) is 0 Å². The Hall–Kier alpha value is -2.12. The van der Waals surface area contributed by atoms with Gasteiger partial charge in [-0.05, 0) is 57.8 Å². The number of carbonyl (C=O) groups is 2. The molecule has 0 radical (unpaired) electrons. The van der Waals surface area contributed by atoms with Crippen LogP contribution in [0, 0.1) is 0 Å². The van der Waals surface area contributed by atoms with Crippen LogP contribution >= 0.6 is 0 Å². The van der Waals surface area contributed by atoms with E-state index in [0.717, 1.165) is 64.2 Å². The largest absolute Gasteiger partial charge is 0.466 e. The van der Waals surface area contributed by atoms with Crippen molar-refractivity contribution in [3.63, 3.8) is 0 Å². The molecule has 7 atom stereocenters. The minimum atomic E-state index is -1.58. The summed E-state index contributed by atoms with van der Waals surface area (Å²) >= 11 is 0. The fraction of sp³-hybridized carbons (Fsp3) is 0.896. The van der Waals surface area contributed by atoms with Gasteiger partial charge in [0.2, 0.25) is 5.91 Å². The summed E-state index contributed by atoms with van der Waals surface area (Å²) in [4.78, 5) is 25.1. The van der Waals surface area contributed by atoms with Crippen molar-refractivity contribution in [3.8, 4) is 0 Å². The van der Waals surface area contributed by atoms with Crippen LogP contribution in [0.15, 0.2) is 36.5 Å². The van der Waals surface area contributed by atoms with Crippen molar-refractivity contribution in [3.05, 3.63) is 36.5 Å². The van der Waals surface area contributed by atoms with E-state index in [1.54, 1.807) is 6.08 Å². The molecule has 11 nitrogen and oxygen atoms in total. The van der Waals surface area contributed by atoms with E-state index < -0.39 is 49.5 Å². The Morgan fingerprint density at radius 3 is 1.12 bits per heavy atom. The molecule has 518 valence electrons. The molecule has 0 spiro atoms. The van der Waals surface area contributed by atoms with E-state index in [-0.39, 0.29) is 18.5 Å². The molecule has 1 saturated heterocycles. The molecule has 1 rings (SSSR count). The Bertz CT molecular complexity index is 1560. The zero-order valence-corrected chi connectivity index (χ0v) is 57.7. The minimum Gasteiger partial charge on any atom is -0.466 e. The predicted molar refractivity (Wildman–Crippen MR) is 371 cm³/mol. The SMILES string of the molecule is CCCCCC/C=C/CC/C=C/CC/C=C/C(O)C(COC1OC(CO)C(O)C(O)C1O)NC(=O)CCCCCCCCCCCCCCCCCCCCCCCCCCCCCCCCCCCCCOC(=O)CCCCCCCCCCCCC. The maximum atomic E-state index is 13.1. The Morgan fingerprint density at radius 1 is 0.409 bits per heavy atom. The number of carbonyl (C=O) groups excluding carboxylic acids is 2. The summed E-state index contributed by atoms with van der Waals surface area (Å²) in [5, 5.41) is 54.5. The molecule has 1 heterocycles. The molecule has 1 aliphatic heterocycles. The Morgan fingerprint density at radius 2 is 0.739 bits per heavy atom. The van der Waals surface area contributed by atoms with Crippen molar-refractivity contribution in [2.75, 3.05) is 19.8 Å². The third-order valence-electron chi connectivity index (χ3n) is 18.2. The van der Waals surface area contributed by atoms with Gasteiger partial charge in [0.1, 0.15) is 24.4 Å². The normalized spacial score (nSPS) is 17.9. The van der Waals surface area contributed by atoms with Crippen LogP contribution in [0.3, 0.4) is 0 Å². The molecule has 6 N–H and O–H groups in total. The van der Waals surface area contributed by atoms with Crippen molar-refractivity contribution >= 4 is 11.9 Å². The minimum absolute atomic E-state index is 0.0158. The van der Waals surface area contributed by atoms with Gasteiger partial charge in [-0.1, -0.05) is 346 Å². The van der Waals surface area contributed by atoms with Gasteiger partial charge in [0, 0.05) is 12.8 Å². The van der Waals surface area contributed by atoms with E-state index >= 15 is 0 Å². The molecular weight excluding hydrogens is 1100 g/mol. The van der Waals surface area contributed by atoms with Gasteiger partial charge in [0.15, 0.2) is 6.29 Å².